The van der Waals surface area contributed by atoms with Crippen molar-refractivity contribution >= 4 is 23.2 Å². The highest BCUT2D eigenvalue weighted by Crippen LogP contribution is 2.28. The van der Waals surface area contributed by atoms with E-state index >= 15 is 0 Å². The topological polar surface area (TPSA) is 50.9 Å². The van der Waals surface area contributed by atoms with Crippen LogP contribution in [0.5, 0.6) is 0 Å². The maximum atomic E-state index is 13.7. The van der Waals surface area contributed by atoms with Crippen LogP contribution in [0, 0.1) is 5.82 Å². The number of aromatic nitrogens is 1. The van der Waals surface area contributed by atoms with E-state index in [1.54, 1.807) is 24.3 Å². The summed E-state index contributed by atoms with van der Waals surface area (Å²) >= 11 is 11.8. The van der Waals surface area contributed by atoms with Gasteiger partial charge in [-0.1, -0.05) is 23.2 Å². The van der Waals surface area contributed by atoms with Gasteiger partial charge >= 0.3 is 0 Å². The van der Waals surface area contributed by atoms with Gasteiger partial charge in [0.25, 0.3) is 0 Å². The van der Waals surface area contributed by atoms with E-state index in [0.717, 1.165) is 6.20 Å². The zero-order valence-electron chi connectivity index (χ0n) is 9.20. The molecule has 18 heavy (non-hydrogen) atoms. The van der Waals surface area contributed by atoms with Crippen LogP contribution < -0.4 is 11.3 Å². The van der Waals surface area contributed by atoms with E-state index in [1.165, 1.54) is 6.20 Å². The van der Waals surface area contributed by atoms with Gasteiger partial charge in [-0.15, -0.1) is 0 Å². The second kappa shape index (κ2) is 5.63. The number of nitrogens with zero attached hydrogens (tertiary/aromatic N) is 1. The number of hydrogen-bond donors (Lipinski definition) is 2. The molecule has 2 rings (SSSR count). The molecule has 0 radical (unpaired) electrons. The summed E-state index contributed by atoms with van der Waals surface area (Å²) in [6.45, 7) is 0. The Morgan fingerprint density at radius 1 is 1.22 bits per heavy atom. The second-order valence-corrected chi connectivity index (χ2v) is 4.57. The summed E-state index contributed by atoms with van der Waals surface area (Å²) in [5.41, 5.74) is 3.61. The van der Waals surface area contributed by atoms with Crippen molar-refractivity contribution in [3.8, 4) is 0 Å². The van der Waals surface area contributed by atoms with Gasteiger partial charge in [0.1, 0.15) is 5.82 Å². The van der Waals surface area contributed by atoms with Crippen LogP contribution in [0.4, 0.5) is 4.39 Å². The van der Waals surface area contributed by atoms with Gasteiger partial charge in [0.15, 0.2) is 0 Å². The van der Waals surface area contributed by atoms with Gasteiger partial charge in [0, 0.05) is 21.8 Å². The van der Waals surface area contributed by atoms with E-state index in [1.807, 2.05) is 0 Å². The largest absolute Gasteiger partial charge is 0.271 e. The van der Waals surface area contributed by atoms with E-state index < -0.39 is 11.9 Å². The lowest BCUT2D eigenvalue weighted by Crippen LogP contribution is -2.29. The number of halogens is 3. The number of nitrogens with two attached hydrogens (primary N) is 1. The molecule has 0 saturated carbocycles. The minimum absolute atomic E-state index is 0.380. The molecule has 0 aliphatic heterocycles. The smallest absolute Gasteiger partial charge is 0.146 e. The van der Waals surface area contributed by atoms with Gasteiger partial charge in [-0.25, -0.2) is 9.82 Å². The molecule has 1 heterocycles. The van der Waals surface area contributed by atoms with Crippen molar-refractivity contribution in [3.05, 3.63) is 63.6 Å². The minimum Gasteiger partial charge on any atom is -0.271 e. The number of rotatable bonds is 3. The van der Waals surface area contributed by atoms with Crippen molar-refractivity contribution in [2.75, 3.05) is 0 Å². The molecule has 0 saturated heterocycles. The molecule has 0 aliphatic carbocycles. The number of hydrazine groups is 1. The van der Waals surface area contributed by atoms with Crippen LogP contribution in [0.25, 0.3) is 0 Å². The SMILES string of the molecule is NNC(c1cc(Cl)cc(Cl)c1)c1ccncc1F. The Kier molecular flexibility index (Phi) is 4.14. The summed E-state index contributed by atoms with van der Waals surface area (Å²) < 4.78 is 13.7. The zero-order chi connectivity index (χ0) is 13.1. The number of hydrogen-bond acceptors (Lipinski definition) is 3. The Balaban J connectivity index is 2.48. The molecule has 0 fully saturated rings. The average molecular weight is 286 g/mol. The predicted molar refractivity (Wildman–Crippen MR) is 69.8 cm³/mol. The fraction of sp³-hybridized carbons (Fsp3) is 0.0833. The third kappa shape index (κ3) is 2.79. The normalized spacial score (nSPS) is 12.4. The molecular formula is C12H10Cl2FN3. The fourth-order valence-corrected chi connectivity index (χ4v) is 2.27. The van der Waals surface area contributed by atoms with Crippen LogP contribution in [-0.2, 0) is 0 Å². The highest BCUT2D eigenvalue weighted by molar-refractivity contribution is 6.34. The third-order valence-corrected chi connectivity index (χ3v) is 2.94. The Hall–Kier alpha value is -1.20. The summed E-state index contributed by atoms with van der Waals surface area (Å²) in [5.74, 6) is 5.03. The zero-order valence-corrected chi connectivity index (χ0v) is 10.7. The molecule has 3 N–H and O–H groups in total. The average Bonchev–Trinajstić information content (AvgIpc) is 2.31. The van der Waals surface area contributed by atoms with Crippen LogP contribution in [0.15, 0.2) is 36.7 Å². The maximum Gasteiger partial charge on any atom is 0.146 e. The maximum absolute atomic E-state index is 13.7. The first-order valence-electron chi connectivity index (χ1n) is 5.13. The molecule has 1 unspecified atom stereocenters. The molecule has 94 valence electrons. The summed E-state index contributed by atoms with van der Waals surface area (Å²) in [4.78, 5) is 3.69. The summed E-state index contributed by atoms with van der Waals surface area (Å²) in [6, 6.07) is 5.97. The van der Waals surface area contributed by atoms with Gasteiger partial charge in [-0.2, -0.15) is 0 Å². The van der Waals surface area contributed by atoms with Crippen LogP contribution in [0.3, 0.4) is 0 Å². The van der Waals surface area contributed by atoms with Crippen molar-refractivity contribution < 1.29 is 4.39 Å². The number of benzene rings is 1. The minimum atomic E-state index is -0.538. The van der Waals surface area contributed by atoms with Crippen LogP contribution in [-0.4, -0.2) is 4.98 Å². The van der Waals surface area contributed by atoms with Gasteiger partial charge in [0.2, 0.25) is 0 Å². The molecule has 0 amide bonds. The quantitative estimate of drug-likeness (QED) is 0.673. The molecule has 0 aliphatic rings. The number of nitrogens with one attached hydrogen (secondary N) is 1. The van der Waals surface area contributed by atoms with Crippen LogP contribution >= 0.6 is 23.2 Å². The highest BCUT2D eigenvalue weighted by Gasteiger charge is 2.17. The van der Waals surface area contributed by atoms with Crippen LogP contribution in [0.2, 0.25) is 10.0 Å². The second-order valence-electron chi connectivity index (χ2n) is 3.70. The van der Waals surface area contributed by atoms with Crippen molar-refractivity contribution in [2.24, 2.45) is 5.84 Å². The molecule has 0 spiro atoms. The lowest BCUT2D eigenvalue weighted by molar-refractivity contribution is 0.555. The van der Waals surface area contributed by atoms with E-state index in [9.17, 15) is 4.39 Å². The first kappa shape index (κ1) is 13.2. The molecule has 2 aromatic rings. The van der Waals surface area contributed by atoms with Gasteiger partial charge < -0.3 is 0 Å². The first-order chi connectivity index (χ1) is 8.61. The Morgan fingerprint density at radius 3 is 2.44 bits per heavy atom. The summed E-state index contributed by atoms with van der Waals surface area (Å²) in [7, 11) is 0. The summed E-state index contributed by atoms with van der Waals surface area (Å²) in [6.07, 6.45) is 2.63. The van der Waals surface area contributed by atoms with Crippen molar-refractivity contribution in [3.63, 3.8) is 0 Å². The Bertz CT molecular complexity index is 543. The molecule has 1 aromatic carbocycles. The lowest BCUT2D eigenvalue weighted by atomic mass is 10.00. The van der Waals surface area contributed by atoms with Crippen molar-refractivity contribution in [1.82, 2.24) is 10.4 Å². The molecule has 6 heteroatoms. The monoisotopic (exact) mass is 285 g/mol. The van der Waals surface area contributed by atoms with Gasteiger partial charge in [-0.3, -0.25) is 10.8 Å². The molecule has 3 nitrogen and oxygen atoms in total. The highest BCUT2D eigenvalue weighted by atomic mass is 35.5. The molecular weight excluding hydrogens is 276 g/mol. The third-order valence-electron chi connectivity index (χ3n) is 2.50. The standard InChI is InChI=1S/C12H10Cl2FN3/c13-8-3-7(4-9(14)5-8)12(18-16)10-1-2-17-6-11(10)15/h1-6,12,18H,16H2. The van der Waals surface area contributed by atoms with Gasteiger partial charge in [-0.05, 0) is 29.8 Å². The fourth-order valence-electron chi connectivity index (χ4n) is 1.73. The first-order valence-corrected chi connectivity index (χ1v) is 5.89. The molecule has 0 bridgehead atoms. The lowest BCUT2D eigenvalue weighted by Gasteiger charge is -2.17. The summed E-state index contributed by atoms with van der Waals surface area (Å²) in [5, 5.41) is 0.930. The molecule has 1 atom stereocenters. The van der Waals surface area contributed by atoms with E-state index in [2.05, 4.69) is 10.4 Å². The van der Waals surface area contributed by atoms with Crippen molar-refractivity contribution in [1.29, 1.82) is 0 Å². The van der Waals surface area contributed by atoms with E-state index in [4.69, 9.17) is 29.0 Å². The Labute approximate surface area is 114 Å². The predicted octanol–water partition coefficient (Wildman–Crippen LogP) is 3.08. The van der Waals surface area contributed by atoms with Crippen LogP contribution in [0.1, 0.15) is 17.2 Å². The van der Waals surface area contributed by atoms with E-state index in [-0.39, 0.29) is 0 Å². The van der Waals surface area contributed by atoms with E-state index in [0.29, 0.717) is 21.2 Å². The molecule has 1 aromatic heterocycles. The van der Waals surface area contributed by atoms with Gasteiger partial charge in [0.05, 0.1) is 12.2 Å². The number of pyridine rings is 1. The Morgan fingerprint density at radius 2 is 1.89 bits per heavy atom. The van der Waals surface area contributed by atoms with Crippen molar-refractivity contribution in [2.45, 2.75) is 6.04 Å².